The number of benzene rings is 2. The molecule has 108 valence electrons. The maximum absolute atomic E-state index is 5.95. The van der Waals surface area contributed by atoms with Crippen molar-refractivity contribution in [1.82, 2.24) is 0 Å². The molecule has 0 saturated carbocycles. The fraction of sp³-hybridized carbons (Fsp3) is 0.222. The summed E-state index contributed by atoms with van der Waals surface area (Å²) < 4.78 is 1.33. The number of thiophene rings is 1. The SMILES string of the molecule is Cc1ccccc1N(C)Cc1c(CN)sc2ccccc12. The van der Waals surface area contributed by atoms with Crippen LogP contribution in [0.5, 0.6) is 0 Å². The predicted molar refractivity (Wildman–Crippen MR) is 93.0 cm³/mol. The van der Waals surface area contributed by atoms with E-state index in [-0.39, 0.29) is 0 Å². The van der Waals surface area contributed by atoms with Crippen LogP contribution in [-0.4, -0.2) is 7.05 Å². The Balaban J connectivity index is 1.99. The van der Waals surface area contributed by atoms with E-state index >= 15 is 0 Å². The summed E-state index contributed by atoms with van der Waals surface area (Å²) in [5, 5.41) is 1.34. The Hall–Kier alpha value is -1.84. The van der Waals surface area contributed by atoms with Crippen LogP contribution in [0.1, 0.15) is 16.0 Å². The number of anilines is 1. The summed E-state index contributed by atoms with van der Waals surface area (Å²) in [6.45, 7) is 3.65. The smallest absolute Gasteiger partial charge is 0.0444 e. The lowest BCUT2D eigenvalue weighted by atomic mass is 10.1. The highest BCUT2D eigenvalue weighted by molar-refractivity contribution is 7.19. The molecule has 1 heterocycles. The fourth-order valence-electron chi connectivity index (χ4n) is 2.80. The molecule has 0 aliphatic rings. The third-order valence-electron chi connectivity index (χ3n) is 3.89. The van der Waals surface area contributed by atoms with Gasteiger partial charge in [0.25, 0.3) is 0 Å². The third-order valence-corrected chi connectivity index (χ3v) is 5.12. The van der Waals surface area contributed by atoms with E-state index in [1.807, 2.05) is 11.3 Å². The van der Waals surface area contributed by atoms with Gasteiger partial charge in [-0.1, -0.05) is 36.4 Å². The van der Waals surface area contributed by atoms with Crippen molar-refractivity contribution in [1.29, 1.82) is 0 Å². The van der Waals surface area contributed by atoms with Gasteiger partial charge in [-0.15, -0.1) is 11.3 Å². The molecule has 21 heavy (non-hydrogen) atoms. The normalized spacial score (nSPS) is 11.0. The minimum Gasteiger partial charge on any atom is -0.370 e. The molecule has 0 aliphatic carbocycles. The zero-order valence-electron chi connectivity index (χ0n) is 12.5. The lowest BCUT2D eigenvalue weighted by molar-refractivity contribution is 0.909. The van der Waals surface area contributed by atoms with E-state index < -0.39 is 0 Å². The second-order valence-electron chi connectivity index (χ2n) is 5.35. The number of hydrogen-bond acceptors (Lipinski definition) is 3. The number of fused-ring (bicyclic) bond motifs is 1. The highest BCUT2D eigenvalue weighted by Crippen LogP contribution is 2.33. The van der Waals surface area contributed by atoms with Crippen molar-refractivity contribution in [2.24, 2.45) is 5.73 Å². The van der Waals surface area contributed by atoms with Crippen LogP contribution >= 0.6 is 11.3 Å². The lowest BCUT2D eigenvalue weighted by Gasteiger charge is -2.22. The molecular formula is C18H20N2S. The average molecular weight is 296 g/mol. The van der Waals surface area contributed by atoms with Crippen molar-refractivity contribution in [2.75, 3.05) is 11.9 Å². The van der Waals surface area contributed by atoms with Gasteiger partial charge in [-0.05, 0) is 35.6 Å². The topological polar surface area (TPSA) is 29.3 Å². The molecule has 1 aromatic heterocycles. The number of nitrogens with zero attached hydrogens (tertiary/aromatic N) is 1. The molecule has 0 atom stereocenters. The van der Waals surface area contributed by atoms with Crippen LogP contribution in [0, 0.1) is 6.92 Å². The van der Waals surface area contributed by atoms with Crippen LogP contribution in [0.25, 0.3) is 10.1 Å². The van der Waals surface area contributed by atoms with Crippen LogP contribution in [0.4, 0.5) is 5.69 Å². The van der Waals surface area contributed by atoms with Gasteiger partial charge in [0.15, 0.2) is 0 Å². The summed E-state index contributed by atoms with van der Waals surface area (Å²) in [4.78, 5) is 3.60. The van der Waals surface area contributed by atoms with Gasteiger partial charge < -0.3 is 10.6 Å². The van der Waals surface area contributed by atoms with Gasteiger partial charge in [0.05, 0.1) is 0 Å². The fourth-order valence-corrected chi connectivity index (χ4v) is 3.90. The molecule has 0 saturated heterocycles. The van der Waals surface area contributed by atoms with Crippen LogP contribution in [0.2, 0.25) is 0 Å². The maximum atomic E-state index is 5.95. The third kappa shape index (κ3) is 2.67. The van der Waals surface area contributed by atoms with Crippen molar-refractivity contribution < 1.29 is 0 Å². The lowest BCUT2D eigenvalue weighted by Crippen LogP contribution is -2.18. The Kier molecular flexibility index (Phi) is 3.95. The number of hydrogen-bond donors (Lipinski definition) is 1. The summed E-state index contributed by atoms with van der Waals surface area (Å²) in [7, 11) is 2.15. The molecule has 2 N–H and O–H groups in total. The van der Waals surface area contributed by atoms with Crippen LogP contribution < -0.4 is 10.6 Å². The first-order chi connectivity index (χ1) is 10.2. The molecule has 0 aliphatic heterocycles. The monoisotopic (exact) mass is 296 g/mol. The highest BCUT2D eigenvalue weighted by atomic mass is 32.1. The Morgan fingerprint density at radius 3 is 2.52 bits per heavy atom. The molecule has 3 aromatic rings. The molecule has 3 heteroatoms. The second-order valence-corrected chi connectivity index (χ2v) is 6.48. The van der Waals surface area contributed by atoms with Crippen molar-refractivity contribution in [3.63, 3.8) is 0 Å². The molecular weight excluding hydrogens is 276 g/mol. The Labute approximate surface area is 129 Å². The van der Waals surface area contributed by atoms with E-state index in [9.17, 15) is 0 Å². The molecule has 0 radical (unpaired) electrons. The predicted octanol–water partition coefficient (Wildman–Crippen LogP) is 4.30. The summed E-state index contributed by atoms with van der Waals surface area (Å²) >= 11 is 1.81. The van der Waals surface area contributed by atoms with Gasteiger partial charge in [0, 0.05) is 35.4 Å². The van der Waals surface area contributed by atoms with Gasteiger partial charge in [-0.3, -0.25) is 0 Å². The van der Waals surface area contributed by atoms with E-state index in [0.717, 1.165) is 6.54 Å². The van der Waals surface area contributed by atoms with E-state index in [2.05, 4.69) is 67.4 Å². The minimum atomic E-state index is 0.607. The maximum Gasteiger partial charge on any atom is 0.0444 e. The summed E-state index contributed by atoms with van der Waals surface area (Å²) in [5.74, 6) is 0. The number of aryl methyl sites for hydroxylation is 1. The van der Waals surface area contributed by atoms with E-state index in [0.29, 0.717) is 6.54 Å². The molecule has 0 unspecified atom stereocenters. The van der Waals surface area contributed by atoms with Gasteiger partial charge in [0.1, 0.15) is 0 Å². The number of nitrogens with two attached hydrogens (primary N) is 1. The largest absolute Gasteiger partial charge is 0.370 e. The Morgan fingerprint density at radius 1 is 1.05 bits per heavy atom. The van der Waals surface area contributed by atoms with Crippen molar-refractivity contribution in [3.8, 4) is 0 Å². The highest BCUT2D eigenvalue weighted by Gasteiger charge is 2.13. The van der Waals surface area contributed by atoms with Crippen molar-refractivity contribution in [3.05, 3.63) is 64.5 Å². The standard InChI is InChI=1S/C18H20N2S/c1-13-7-3-5-9-16(13)20(2)12-15-14-8-4-6-10-17(14)21-18(15)11-19/h3-10H,11-12,19H2,1-2H3. The molecule has 0 spiro atoms. The zero-order chi connectivity index (χ0) is 14.8. The molecule has 3 rings (SSSR count). The van der Waals surface area contributed by atoms with Gasteiger partial charge in [-0.2, -0.15) is 0 Å². The molecule has 2 nitrogen and oxygen atoms in total. The minimum absolute atomic E-state index is 0.607. The molecule has 0 bridgehead atoms. The van der Waals surface area contributed by atoms with Crippen LogP contribution in [0.3, 0.4) is 0 Å². The Bertz CT molecular complexity index is 761. The number of para-hydroxylation sites is 1. The van der Waals surface area contributed by atoms with E-state index in [1.165, 1.54) is 31.8 Å². The van der Waals surface area contributed by atoms with Crippen LogP contribution in [-0.2, 0) is 13.1 Å². The van der Waals surface area contributed by atoms with Gasteiger partial charge in [0.2, 0.25) is 0 Å². The zero-order valence-corrected chi connectivity index (χ0v) is 13.3. The van der Waals surface area contributed by atoms with Crippen molar-refractivity contribution >= 4 is 27.1 Å². The quantitative estimate of drug-likeness (QED) is 0.777. The van der Waals surface area contributed by atoms with Gasteiger partial charge >= 0.3 is 0 Å². The first kappa shape index (κ1) is 14.1. The summed E-state index contributed by atoms with van der Waals surface area (Å²) in [6.07, 6.45) is 0. The second kappa shape index (κ2) is 5.88. The number of rotatable bonds is 4. The molecule has 0 fully saturated rings. The first-order valence-electron chi connectivity index (χ1n) is 7.17. The molecule has 0 amide bonds. The van der Waals surface area contributed by atoms with E-state index in [4.69, 9.17) is 5.73 Å². The molecule has 2 aromatic carbocycles. The summed E-state index contributed by atoms with van der Waals surface area (Å²) in [6, 6.07) is 17.1. The Morgan fingerprint density at radius 2 is 1.76 bits per heavy atom. The average Bonchev–Trinajstić information content (AvgIpc) is 2.86. The first-order valence-corrected chi connectivity index (χ1v) is 7.98. The van der Waals surface area contributed by atoms with Crippen LogP contribution in [0.15, 0.2) is 48.5 Å². The summed E-state index contributed by atoms with van der Waals surface area (Å²) in [5.41, 5.74) is 9.89. The van der Waals surface area contributed by atoms with Gasteiger partial charge in [-0.25, -0.2) is 0 Å². The van der Waals surface area contributed by atoms with E-state index in [1.54, 1.807) is 0 Å². The van der Waals surface area contributed by atoms with Crippen molar-refractivity contribution in [2.45, 2.75) is 20.0 Å².